The topological polar surface area (TPSA) is 104 Å². The van der Waals surface area contributed by atoms with Gasteiger partial charge in [-0.2, -0.15) is 0 Å². The SMILES string of the molecule is CNCCC(O)C(O)c1cnc(N)cn1. The molecule has 0 bridgehead atoms. The minimum absolute atomic E-state index is 0.288. The first-order chi connectivity index (χ1) is 7.15. The van der Waals surface area contributed by atoms with E-state index in [1.165, 1.54) is 12.4 Å². The third-order valence-electron chi connectivity index (χ3n) is 2.05. The van der Waals surface area contributed by atoms with Crippen molar-refractivity contribution in [3.05, 3.63) is 18.1 Å². The molecule has 1 aromatic rings. The molecule has 0 spiro atoms. The molecule has 5 N–H and O–H groups in total. The molecular weight excluding hydrogens is 196 g/mol. The number of nitrogens with one attached hydrogen (secondary N) is 1. The maximum absolute atomic E-state index is 9.69. The average molecular weight is 212 g/mol. The Hall–Kier alpha value is -1.24. The van der Waals surface area contributed by atoms with Crippen LogP contribution in [-0.2, 0) is 0 Å². The van der Waals surface area contributed by atoms with Crippen molar-refractivity contribution in [3.63, 3.8) is 0 Å². The predicted molar refractivity (Wildman–Crippen MR) is 56.0 cm³/mol. The number of aliphatic hydroxyl groups excluding tert-OH is 2. The summed E-state index contributed by atoms with van der Waals surface area (Å²) in [6.45, 7) is 0.626. The molecular formula is C9H16N4O2. The molecule has 15 heavy (non-hydrogen) atoms. The van der Waals surface area contributed by atoms with Gasteiger partial charge < -0.3 is 21.3 Å². The van der Waals surface area contributed by atoms with Gasteiger partial charge in [0.1, 0.15) is 11.9 Å². The molecule has 0 saturated heterocycles. The van der Waals surface area contributed by atoms with Crippen LogP contribution in [0.4, 0.5) is 5.82 Å². The molecule has 6 nitrogen and oxygen atoms in total. The van der Waals surface area contributed by atoms with Crippen molar-refractivity contribution in [1.82, 2.24) is 15.3 Å². The van der Waals surface area contributed by atoms with Crippen LogP contribution in [0.15, 0.2) is 12.4 Å². The van der Waals surface area contributed by atoms with Crippen LogP contribution in [0.2, 0.25) is 0 Å². The standard InChI is InChI=1S/C9H16N4O2/c1-11-3-2-7(14)9(15)6-4-13-8(10)5-12-6/h4-5,7,9,11,14-15H,2-3H2,1H3,(H2,10,13). The number of nitrogens with zero attached hydrogens (tertiary/aromatic N) is 2. The summed E-state index contributed by atoms with van der Waals surface area (Å²) in [4.78, 5) is 7.68. The monoisotopic (exact) mass is 212 g/mol. The van der Waals surface area contributed by atoms with Gasteiger partial charge in [-0.25, -0.2) is 4.98 Å². The Morgan fingerprint density at radius 3 is 2.67 bits per heavy atom. The molecule has 84 valence electrons. The smallest absolute Gasteiger partial charge is 0.141 e. The van der Waals surface area contributed by atoms with Gasteiger partial charge in [0.15, 0.2) is 0 Å². The summed E-state index contributed by atoms with van der Waals surface area (Å²) in [6, 6.07) is 0. The first-order valence-corrected chi connectivity index (χ1v) is 4.73. The third-order valence-corrected chi connectivity index (χ3v) is 2.05. The molecule has 0 fully saturated rings. The summed E-state index contributed by atoms with van der Waals surface area (Å²) in [6.07, 6.45) is 1.29. The van der Waals surface area contributed by atoms with Crippen LogP contribution in [0.25, 0.3) is 0 Å². The van der Waals surface area contributed by atoms with Crippen molar-refractivity contribution in [1.29, 1.82) is 0 Å². The van der Waals surface area contributed by atoms with Gasteiger partial charge in [-0.3, -0.25) is 4.98 Å². The number of hydrogen-bond acceptors (Lipinski definition) is 6. The number of anilines is 1. The lowest BCUT2D eigenvalue weighted by Gasteiger charge is -2.16. The molecule has 0 saturated carbocycles. The third kappa shape index (κ3) is 3.43. The molecule has 6 heteroatoms. The van der Waals surface area contributed by atoms with Crippen LogP contribution in [0, 0.1) is 0 Å². The zero-order valence-electron chi connectivity index (χ0n) is 8.59. The Bertz CT molecular complexity index is 291. The van der Waals surface area contributed by atoms with Gasteiger partial charge in [0.2, 0.25) is 0 Å². The summed E-state index contributed by atoms with van der Waals surface area (Å²) < 4.78 is 0. The van der Waals surface area contributed by atoms with E-state index in [0.717, 1.165) is 0 Å². The van der Waals surface area contributed by atoms with E-state index in [4.69, 9.17) is 5.73 Å². The molecule has 0 aliphatic rings. The van der Waals surface area contributed by atoms with Crippen LogP contribution in [-0.4, -0.2) is 39.9 Å². The van der Waals surface area contributed by atoms with E-state index in [9.17, 15) is 10.2 Å². The van der Waals surface area contributed by atoms with Gasteiger partial charge in [0, 0.05) is 0 Å². The summed E-state index contributed by atoms with van der Waals surface area (Å²) in [5.41, 5.74) is 5.68. The lowest BCUT2D eigenvalue weighted by molar-refractivity contribution is 0.0113. The van der Waals surface area contributed by atoms with Crippen LogP contribution >= 0.6 is 0 Å². The molecule has 1 heterocycles. The highest BCUT2D eigenvalue weighted by Gasteiger charge is 2.19. The number of nitrogens with two attached hydrogens (primary N) is 1. The molecule has 0 amide bonds. The summed E-state index contributed by atoms with van der Waals surface area (Å²) >= 11 is 0. The lowest BCUT2D eigenvalue weighted by Crippen LogP contribution is -2.24. The predicted octanol–water partition coefficient (Wildman–Crippen LogP) is -0.937. The fraction of sp³-hybridized carbons (Fsp3) is 0.556. The quantitative estimate of drug-likeness (QED) is 0.502. The van der Waals surface area contributed by atoms with Gasteiger partial charge in [-0.15, -0.1) is 0 Å². The number of hydrogen-bond donors (Lipinski definition) is 4. The van der Waals surface area contributed by atoms with Crippen molar-refractivity contribution >= 4 is 5.82 Å². The first kappa shape index (κ1) is 11.8. The number of aliphatic hydroxyl groups is 2. The van der Waals surface area contributed by atoms with E-state index < -0.39 is 12.2 Å². The fourth-order valence-electron chi connectivity index (χ4n) is 1.15. The second-order valence-corrected chi connectivity index (χ2v) is 3.27. The normalized spacial score (nSPS) is 14.9. The lowest BCUT2D eigenvalue weighted by atomic mass is 10.1. The van der Waals surface area contributed by atoms with Crippen LogP contribution in [0.1, 0.15) is 18.2 Å². The van der Waals surface area contributed by atoms with Crippen LogP contribution in [0.3, 0.4) is 0 Å². The fourth-order valence-corrected chi connectivity index (χ4v) is 1.15. The van der Waals surface area contributed by atoms with Gasteiger partial charge in [0.25, 0.3) is 0 Å². The summed E-state index contributed by atoms with van der Waals surface area (Å²) in [5, 5.41) is 22.2. The van der Waals surface area contributed by atoms with E-state index in [1.807, 2.05) is 0 Å². The largest absolute Gasteiger partial charge is 0.390 e. The Morgan fingerprint density at radius 2 is 2.13 bits per heavy atom. The zero-order chi connectivity index (χ0) is 11.3. The van der Waals surface area contributed by atoms with Gasteiger partial charge in [-0.05, 0) is 20.0 Å². The Labute approximate surface area is 88.2 Å². The Morgan fingerprint density at radius 1 is 1.40 bits per heavy atom. The Kier molecular flexibility index (Phi) is 4.41. The molecule has 0 aromatic carbocycles. The van der Waals surface area contributed by atoms with Crippen molar-refractivity contribution in [2.24, 2.45) is 0 Å². The minimum atomic E-state index is -1.02. The molecule has 1 rings (SSSR count). The Balaban J connectivity index is 2.59. The first-order valence-electron chi connectivity index (χ1n) is 4.73. The molecule has 0 aliphatic carbocycles. The van der Waals surface area contributed by atoms with Crippen molar-refractivity contribution < 1.29 is 10.2 Å². The number of aromatic nitrogens is 2. The van der Waals surface area contributed by atoms with Crippen molar-refractivity contribution in [2.75, 3.05) is 19.3 Å². The van der Waals surface area contributed by atoms with Gasteiger partial charge in [-0.1, -0.05) is 0 Å². The maximum Gasteiger partial charge on any atom is 0.141 e. The highest BCUT2D eigenvalue weighted by Crippen LogP contribution is 2.15. The maximum atomic E-state index is 9.69. The van der Waals surface area contributed by atoms with E-state index in [0.29, 0.717) is 18.7 Å². The molecule has 0 aliphatic heterocycles. The van der Waals surface area contributed by atoms with Crippen LogP contribution in [0.5, 0.6) is 0 Å². The zero-order valence-corrected chi connectivity index (χ0v) is 8.59. The molecule has 1 aromatic heterocycles. The van der Waals surface area contributed by atoms with E-state index >= 15 is 0 Å². The molecule has 2 unspecified atom stereocenters. The van der Waals surface area contributed by atoms with Gasteiger partial charge in [0.05, 0.1) is 24.2 Å². The average Bonchev–Trinajstić information content (AvgIpc) is 2.26. The van der Waals surface area contributed by atoms with Crippen LogP contribution < -0.4 is 11.1 Å². The van der Waals surface area contributed by atoms with E-state index in [-0.39, 0.29) is 5.82 Å². The van der Waals surface area contributed by atoms with Gasteiger partial charge >= 0.3 is 0 Å². The molecule has 0 radical (unpaired) electrons. The molecule has 2 atom stereocenters. The van der Waals surface area contributed by atoms with E-state index in [1.54, 1.807) is 7.05 Å². The number of rotatable bonds is 5. The summed E-state index contributed by atoms with van der Waals surface area (Å²) in [5.74, 6) is 0.288. The highest BCUT2D eigenvalue weighted by molar-refractivity contribution is 5.23. The van der Waals surface area contributed by atoms with Crippen molar-refractivity contribution in [2.45, 2.75) is 18.6 Å². The highest BCUT2D eigenvalue weighted by atomic mass is 16.3. The summed E-state index contributed by atoms with van der Waals surface area (Å²) in [7, 11) is 1.78. The van der Waals surface area contributed by atoms with E-state index in [2.05, 4.69) is 15.3 Å². The van der Waals surface area contributed by atoms with Crippen molar-refractivity contribution in [3.8, 4) is 0 Å². The number of nitrogen functional groups attached to an aromatic ring is 1. The minimum Gasteiger partial charge on any atom is -0.390 e. The second kappa shape index (κ2) is 5.59. The second-order valence-electron chi connectivity index (χ2n) is 3.27.